The Hall–Kier alpha value is -1.02. The molecule has 1 rings (SSSR count). The number of aryl methyl sites for hydroxylation is 1. The Morgan fingerprint density at radius 1 is 1.43 bits per heavy atom. The second-order valence-corrected chi connectivity index (χ2v) is 3.36. The van der Waals surface area contributed by atoms with E-state index in [0.29, 0.717) is 5.75 Å². The third kappa shape index (κ3) is 3.38. The number of hydrogen-bond donors (Lipinski definition) is 0. The third-order valence-electron chi connectivity index (χ3n) is 1.96. The van der Waals surface area contributed by atoms with Crippen LogP contribution in [0.2, 0.25) is 0 Å². The van der Waals surface area contributed by atoms with Gasteiger partial charge < -0.3 is 4.74 Å². The molecule has 0 aliphatic rings. The Bertz CT molecular complexity index is 310. The SMILES string of the molecule is CCCCc1ccccc1OC(=O)Cl. The Kier molecular flexibility index (Phi) is 4.47. The van der Waals surface area contributed by atoms with E-state index in [-0.39, 0.29) is 0 Å². The highest BCUT2D eigenvalue weighted by Gasteiger charge is 2.05. The minimum absolute atomic E-state index is 0.570. The van der Waals surface area contributed by atoms with Crippen LogP contribution in [0.4, 0.5) is 4.79 Å². The zero-order chi connectivity index (χ0) is 10.4. The minimum atomic E-state index is -0.783. The van der Waals surface area contributed by atoms with Gasteiger partial charge in [0.05, 0.1) is 0 Å². The summed E-state index contributed by atoms with van der Waals surface area (Å²) in [5, 5.41) is 0. The number of carbonyl (C=O) groups is 1. The van der Waals surface area contributed by atoms with Gasteiger partial charge in [-0.15, -0.1) is 0 Å². The van der Waals surface area contributed by atoms with Crippen LogP contribution in [0.3, 0.4) is 0 Å². The van der Waals surface area contributed by atoms with E-state index in [1.165, 1.54) is 0 Å². The molecule has 0 heterocycles. The molecule has 3 heteroatoms. The van der Waals surface area contributed by atoms with E-state index >= 15 is 0 Å². The molecule has 14 heavy (non-hydrogen) atoms. The van der Waals surface area contributed by atoms with Crippen molar-refractivity contribution in [3.63, 3.8) is 0 Å². The predicted molar refractivity (Wildman–Crippen MR) is 56.9 cm³/mol. The van der Waals surface area contributed by atoms with Gasteiger partial charge in [-0.2, -0.15) is 0 Å². The first-order valence-corrected chi connectivity index (χ1v) is 5.07. The monoisotopic (exact) mass is 212 g/mol. The van der Waals surface area contributed by atoms with Crippen LogP contribution in [0.5, 0.6) is 5.75 Å². The highest BCUT2D eigenvalue weighted by atomic mass is 35.5. The zero-order valence-corrected chi connectivity index (χ0v) is 8.88. The van der Waals surface area contributed by atoms with Crippen molar-refractivity contribution in [2.24, 2.45) is 0 Å². The summed E-state index contributed by atoms with van der Waals surface area (Å²) < 4.78 is 4.87. The molecule has 0 amide bonds. The number of ether oxygens (including phenoxy) is 1. The molecule has 0 fully saturated rings. The van der Waals surface area contributed by atoms with Gasteiger partial charge in [-0.3, -0.25) is 0 Å². The van der Waals surface area contributed by atoms with Gasteiger partial charge in [0, 0.05) is 11.6 Å². The average molecular weight is 213 g/mol. The fourth-order valence-electron chi connectivity index (χ4n) is 1.26. The van der Waals surface area contributed by atoms with Crippen molar-refractivity contribution in [1.29, 1.82) is 0 Å². The Labute approximate surface area is 88.8 Å². The van der Waals surface area contributed by atoms with E-state index < -0.39 is 5.43 Å². The van der Waals surface area contributed by atoms with Gasteiger partial charge in [0.1, 0.15) is 5.75 Å². The van der Waals surface area contributed by atoms with Crippen molar-refractivity contribution in [2.45, 2.75) is 26.2 Å². The van der Waals surface area contributed by atoms with Crippen LogP contribution in [0.15, 0.2) is 24.3 Å². The van der Waals surface area contributed by atoms with Crippen molar-refractivity contribution in [3.8, 4) is 5.75 Å². The highest BCUT2D eigenvalue weighted by molar-refractivity contribution is 6.61. The van der Waals surface area contributed by atoms with Gasteiger partial charge in [0.15, 0.2) is 0 Å². The third-order valence-corrected chi connectivity index (χ3v) is 2.04. The first kappa shape index (κ1) is 11.1. The molecular weight excluding hydrogens is 200 g/mol. The predicted octanol–water partition coefficient (Wildman–Crippen LogP) is 3.77. The van der Waals surface area contributed by atoms with E-state index in [4.69, 9.17) is 16.3 Å². The van der Waals surface area contributed by atoms with Gasteiger partial charge in [0.2, 0.25) is 0 Å². The molecule has 1 aromatic carbocycles. The number of rotatable bonds is 4. The molecule has 0 N–H and O–H groups in total. The van der Waals surface area contributed by atoms with Gasteiger partial charge in [-0.05, 0) is 24.5 Å². The van der Waals surface area contributed by atoms with Crippen LogP contribution in [-0.4, -0.2) is 5.43 Å². The summed E-state index contributed by atoms with van der Waals surface area (Å²) >= 11 is 5.16. The first-order valence-electron chi connectivity index (χ1n) is 4.69. The molecule has 0 spiro atoms. The lowest BCUT2D eigenvalue weighted by molar-refractivity contribution is 0.225. The zero-order valence-electron chi connectivity index (χ0n) is 8.13. The van der Waals surface area contributed by atoms with Crippen LogP contribution in [0, 0.1) is 0 Å². The Balaban J connectivity index is 2.74. The van der Waals surface area contributed by atoms with Crippen LogP contribution in [-0.2, 0) is 6.42 Å². The molecule has 2 nitrogen and oxygen atoms in total. The molecule has 0 aromatic heterocycles. The molecule has 0 aliphatic heterocycles. The highest BCUT2D eigenvalue weighted by Crippen LogP contribution is 2.20. The fourth-order valence-corrected chi connectivity index (χ4v) is 1.35. The average Bonchev–Trinajstić information content (AvgIpc) is 2.16. The molecule has 0 saturated heterocycles. The molecular formula is C11H13ClO2. The first-order chi connectivity index (χ1) is 6.74. The molecule has 0 aliphatic carbocycles. The second kappa shape index (κ2) is 5.66. The molecule has 0 radical (unpaired) electrons. The summed E-state index contributed by atoms with van der Waals surface area (Å²) in [5.41, 5.74) is 0.247. The van der Waals surface area contributed by atoms with Crippen molar-refractivity contribution < 1.29 is 9.53 Å². The molecule has 0 unspecified atom stereocenters. The van der Waals surface area contributed by atoms with Crippen LogP contribution < -0.4 is 4.74 Å². The summed E-state index contributed by atoms with van der Waals surface area (Å²) in [7, 11) is 0. The van der Waals surface area contributed by atoms with Crippen LogP contribution >= 0.6 is 11.6 Å². The van der Waals surface area contributed by atoms with Gasteiger partial charge in [-0.25, -0.2) is 4.79 Å². The maximum Gasteiger partial charge on any atom is 0.409 e. The number of carbonyl (C=O) groups excluding carboxylic acids is 1. The number of hydrogen-bond acceptors (Lipinski definition) is 2. The summed E-state index contributed by atoms with van der Waals surface area (Å²) in [6, 6.07) is 7.46. The topological polar surface area (TPSA) is 26.3 Å². The summed E-state index contributed by atoms with van der Waals surface area (Å²) in [6.07, 6.45) is 3.11. The summed E-state index contributed by atoms with van der Waals surface area (Å²) in [5.74, 6) is 0.570. The number of halogens is 1. The number of unbranched alkanes of at least 4 members (excludes halogenated alkanes) is 1. The van der Waals surface area contributed by atoms with Crippen LogP contribution in [0.1, 0.15) is 25.3 Å². The number of benzene rings is 1. The van der Waals surface area contributed by atoms with E-state index in [1.807, 2.05) is 18.2 Å². The number of para-hydroxylation sites is 1. The van der Waals surface area contributed by atoms with E-state index in [0.717, 1.165) is 24.8 Å². The van der Waals surface area contributed by atoms with E-state index in [1.54, 1.807) is 6.07 Å². The quantitative estimate of drug-likeness (QED) is 0.711. The van der Waals surface area contributed by atoms with Gasteiger partial charge in [0.25, 0.3) is 0 Å². The molecule has 1 aromatic rings. The standard InChI is InChI=1S/C11H13ClO2/c1-2-3-6-9-7-4-5-8-10(9)14-11(12)13/h4-5,7-8H,2-3,6H2,1H3. The van der Waals surface area contributed by atoms with Crippen molar-refractivity contribution in [2.75, 3.05) is 0 Å². The van der Waals surface area contributed by atoms with Crippen molar-refractivity contribution >= 4 is 17.0 Å². The van der Waals surface area contributed by atoms with E-state index in [9.17, 15) is 4.79 Å². The normalized spacial score (nSPS) is 9.86. The lowest BCUT2D eigenvalue weighted by atomic mass is 10.1. The summed E-state index contributed by atoms with van der Waals surface area (Å²) in [6.45, 7) is 2.12. The fraction of sp³-hybridized carbons (Fsp3) is 0.364. The van der Waals surface area contributed by atoms with Crippen molar-refractivity contribution in [1.82, 2.24) is 0 Å². The van der Waals surface area contributed by atoms with Gasteiger partial charge in [-0.1, -0.05) is 31.5 Å². The lowest BCUT2D eigenvalue weighted by Crippen LogP contribution is -1.99. The van der Waals surface area contributed by atoms with Crippen LogP contribution in [0.25, 0.3) is 0 Å². The lowest BCUT2D eigenvalue weighted by Gasteiger charge is -2.06. The Morgan fingerprint density at radius 3 is 2.79 bits per heavy atom. The Morgan fingerprint density at radius 2 is 2.14 bits per heavy atom. The summed E-state index contributed by atoms with van der Waals surface area (Å²) in [4.78, 5) is 10.6. The maximum atomic E-state index is 10.6. The van der Waals surface area contributed by atoms with E-state index in [2.05, 4.69) is 6.92 Å². The smallest absolute Gasteiger partial charge is 0.409 e. The van der Waals surface area contributed by atoms with Gasteiger partial charge >= 0.3 is 5.43 Å². The molecule has 0 bridgehead atoms. The second-order valence-electron chi connectivity index (χ2n) is 3.05. The molecule has 76 valence electrons. The largest absolute Gasteiger partial charge is 0.414 e. The van der Waals surface area contributed by atoms with Crippen molar-refractivity contribution in [3.05, 3.63) is 29.8 Å². The molecule has 0 saturated carbocycles. The maximum absolute atomic E-state index is 10.6. The minimum Gasteiger partial charge on any atom is -0.414 e. The molecule has 0 atom stereocenters.